The molecule has 1 aromatic heterocycles. The minimum atomic E-state index is -0.250. The number of aromatic nitrogens is 2. The summed E-state index contributed by atoms with van der Waals surface area (Å²) in [5.74, 6) is 0. The van der Waals surface area contributed by atoms with Crippen molar-refractivity contribution in [2.24, 2.45) is 0 Å². The van der Waals surface area contributed by atoms with Crippen molar-refractivity contribution in [1.29, 1.82) is 0 Å². The lowest BCUT2D eigenvalue weighted by Gasteiger charge is -2.01. The van der Waals surface area contributed by atoms with E-state index in [1.807, 2.05) is 54.3 Å². The summed E-state index contributed by atoms with van der Waals surface area (Å²) in [6, 6.07) is 10.0. The molecule has 0 saturated heterocycles. The summed E-state index contributed by atoms with van der Waals surface area (Å²) in [4.78, 5) is 0. The van der Waals surface area contributed by atoms with Crippen molar-refractivity contribution in [3.05, 3.63) is 48.3 Å². The first kappa shape index (κ1) is 10.9. The van der Waals surface area contributed by atoms with Crippen LogP contribution in [0.3, 0.4) is 0 Å². The standard InChI is InChI=1S/C13H16N2O/c1-11(16)7-8-12-9-14-15(10-12)13-5-3-2-4-6-13/h2-6,9-11,16H,7-8H2,1H3. The summed E-state index contributed by atoms with van der Waals surface area (Å²) in [7, 11) is 0. The van der Waals surface area contributed by atoms with E-state index >= 15 is 0 Å². The van der Waals surface area contributed by atoms with Gasteiger partial charge in [0.15, 0.2) is 0 Å². The van der Waals surface area contributed by atoms with E-state index in [4.69, 9.17) is 0 Å². The first-order valence-electron chi connectivity index (χ1n) is 5.53. The van der Waals surface area contributed by atoms with Crippen molar-refractivity contribution in [3.63, 3.8) is 0 Å². The van der Waals surface area contributed by atoms with Gasteiger partial charge < -0.3 is 5.11 Å². The first-order chi connectivity index (χ1) is 7.75. The van der Waals surface area contributed by atoms with Gasteiger partial charge in [-0.2, -0.15) is 5.10 Å². The zero-order valence-electron chi connectivity index (χ0n) is 9.37. The average Bonchev–Trinajstić information content (AvgIpc) is 2.76. The molecule has 0 fully saturated rings. The van der Waals surface area contributed by atoms with Crippen molar-refractivity contribution in [3.8, 4) is 5.69 Å². The second-order valence-electron chi connectivity index (χ2n) is 4.02. The van der Waals surface area contributed by atoms with Gasteiger partial charge in [0.1, 0.15) is 0 Å². The number of aliphatic hydroxyl groups excluding tert-OH is 1. The van der Waals surface area contributed by atoms with Crippen LogP contribution >= 0.6 is 0 Å². The van der Waals surface area contributed by atoms with Crippen molar-refractivity contribution in [1.82, 2.24) is 9.78 Å². The van der Waals surface area contributed by atoms with Crippen LogP contribution in [0.1, 0.15) is 18.9 Å². The Kier molecular flexibility index (Phi) is 3.37. The van der Waals surface area contributed by atoms with Crippen molar-refractivity contribution >= 4 is 0 Å². The fraction of sp³-hybridized carbons (Fsp3) is 0.308. The number of benzene rings is 1. The fourth-order valence-electron chi connectivity index (χ4n) is 1.59. The lowest BCUT2D eigenvalue weighted by atomic mass is 10.1. The highest BCUT2D eigenvalue weighted by atomic mass is 16.3. The molecule has 0 bridgehead atoms. The highest BCUT2D eigenvalue weighted by molar-refractivity contribution is 5.30. The van der Waals surface area contributed by atoms with Gasteiger partial charge in [0.2, 0.25) is 0 Å². The lowest BCUT2D eigenvalue weighted by molar-refractivity contribution is 0.185. The van der Waals surface area contributed by atoms with E-state index in [2.05, 4.69) is 5.10 Å². The van der Waals surface area contributed by atoms with E-state index in [9.17, 15) is 5.11 Å². The largest absolute Gasteiger partial charge is 0.393 e. The summed E-state index contributed by atoms with van der Waals surface area (Å²) in [5, 5.41) is 13.5. The van der Waals surface area contributed by atoms with Gasteiger partial charge in [-0.1, -0.05) is 18.2 Å². The maximum atomic E-state index is 9.21. The molecule has 1 aromatic carbocycles. The monoisotopic (exact) mass is 216 g/mol. The molecular formula is C13H16N2O. The molecule has 0 saturated carbocycles. The second kappa shape index (κ2) is 4.94. The fourth-order valence-corrected chi connectivity index (χ4v) is 1.59. The molecule has 1 N–H and O–H groups in total. The molecule has 1 heterocycles. The molecule has 0 amide bonds. The first-order valence-corrected chi connectivity index (χ1v) is 5.53. The number of rotatable bonds is 4. The van der Waals surface area contributed by atoms with Crippen LogP contribution in [-0.2, 0) is 6.42 Å². The summed E-state index contributed by atoms with van der Waals surface area (Å²) in [6.45, 7) is 1.81. The number of aryl methyl sites for hydroxylation is 1. The van der Waals surface area contributed by atoms with Gasteiger partial charge in [0, 0.05) is 6.20 Å². The molecule has 0 spiro atoms. The predicted molar refractivity (Wildman–Crippen MR) is 63.6 cm³/mol. The normalized spacial score (nSPS) is 12.6. The Bertz CT molecular complexity index is 434. The molecule has 84 valence electrons. The van der Waals surface area contributed by atoms with Crippen molar-refractivity contribution < 1.29 is 5.11 Å². The third-order valence-electron chi connectivity index (χ3n) is 2.51. The van der Waals surface area contributed by atoms with Gasteiger partial charge in [0.05, 0.1) is 18.0 Å². The predicted octanol–water partition coefficient (Wildman–Crippen LogP) is 2.19. The summed E-state index contributed by atoms with van der Waals surface area (Å²) >= 11 is 0. The summed E-state index contributed by atoms with van der Waals surface area (Å²) in [5.41, 5.74) is 2.22. The molecule has 0 radical (unpaired) electrons. The Balaban J connectivity index is 2.08. The maximum absolute atomic E-state index is 9.21. The SMILES string of the molecule is CC(O)CCc1cnn(-c2ccccc2)c1. The Labute approximate surface area is 95.3 Å². The second-order valence-corrected chi connectivity index (χ2v) is 4.02. The van der Waals surface area contributed by atoms with Gasteiger partial charge in [-0.3, -0.25) is 0 Å². The Morgan fingerprint density at radius 1 is 1.31 bits per heavy atom. The smallest absolute Gasteiger partial charge is 0.0645 e. The lowest BCUT2D eigenvalue weighted by Crippen LogP contribution is -2.00. The van der Waals surface area contributed by atoms with Crippen molar-refractivity contribution in [2.45, 2.75) is 25.9 Å². The summed E-state index contributed by atoms with van der Waals surface area (Å²) in [6.07, 6.45) is 5.26. The Hall–Kier alpha value is -1.61. The van der Waals surface area contributed by atoms with Crippen LogP contribution in [0.2, 0.25) is 0 Å². The quantitative estimate of drug-likeness (QED) is 0.850. The van der Waals surface area contributed by atoms with Gasteiger partial charge in [-0.05, 0) is 37.5 Å². The topological polar surface area (TPSA) is 38.1 Å². The molecule has 1 unspecified atom stereocenters. The van der Waals surface area contributed by atoms with E-state index in [1.54, 1.807) is 0 Å². The average molecular weight is 216 g/mol. The number of hydrogen-bond acceptors (Lipinski definition) is 2. The van der Waals surface area contributed by atoms with Crippen LogP contribution in [0.15, 0.2) is 42.7 Å². The third-order valence-corrected chi connectivity index (χ3v) is 2.51. The molecule has 16 heavy (non-hydrogen) atoms. The van der Waals surface area contributed by atoms with Gasteiger partial charge in [-0.15, -0.1) is 0 Å². The summed E-state index contributed by atoms with van der Waals surface area (Å²) < 4.78 is 1.86. The van der Waals surface area contributed by atoms with Crippen LogP contribution in [0, 0.1) is 0 Å². The van der Waals surface area contributed by atoms with Gasteiger partial charge in [-0.25, -0.2) is 4.68 Å². The molecular weight excluding hydrogens is 200 g/mol. The van der Waals surface area contributed by atoms with E-state index in [0.717, 1.165) is 24.1 Å². The van der Waals surface area contributed by atoms with E-state index in [-0.39, 0.29) is 6.10 Å². The van der Waals surface area contributed by atoms with Crippen LogP contribution in [0.25, 0.3) is 5.69 Å². The number of nitrogens with zero attached hydrogens (tertiary/aromatic N) is 2. The Morgan fingerprint density at radius 2 is 2.06 bits per heavy atom. The maximum Gasteiger partial charge on any atom is 0.0645 e. The van der Waals surface area contributed by atoms with Crippen LogP contribution in [0.5, 0.6) is 0 Å². The molecule has 2 rings (SSSR count). The number of aliphatic hydroxyl groups is 1. The van der Waals surface area contributed by atoms with Gasteiger partial charge >= 0.3 is 0 Å². The molecule has 3 nitrogen and oxygen atoms in total. The minimum absolute atomic E-state index is 0.250. The van der Waals surface area contributed by atoms with Crippen LogP contribution in [0.4, 0.5) is 0 Å². The van der Waals surface area contributed by atoms with Crippen LogP contribution < -0.4 is 0 Å². The molecule has 0 aliphatic carbocycles. The van der Waals surface area contributed by atoms with E-state index in [0.29, 0.717) is 0 Å². The molecule has 2 aromatic rings. The number of para-hydroxylation sites is 1. The zero-order valence-corrected chi connectivity index (χ0v) is 9.37. The van der Waals surface area contributed by atoms with E-state index < -0.39 is 0 Å². The van der Waals surface area contributed by atoms with Crippen molar-refractivity contribution in [2.75, 3.05) is 0 Å². The molecule has 0 aliphatic rings. The Morgan fingerprint density at radius 3 is 2.75 bits per heavy atom. The van der Waals surface area contributed by atoms with Crippen LogP contribution in [-0.4, -0.2) is 21.0 Å². The highest BCUT2D eigenvalue weighted by Gasteiger charge is 2.02. The third kappa shape index (κ3) is 2.70. The minimum Gasteiger partial charge on any atom is -0.393 e. The van der Waals surface area contributed by atoms with Gasteiger partial charge in [0.25, 0.3) is 0 Å². The highest BCUT2D eigenvalue weighted by Crippen LogP contribution is 2.09. The molecule has 3 heteroatoms. The zero-order chi connectivity index (χ0) is 11.4. The van der Waals surface area contributed by atoms with E-state index in [1.165, 1.54) is 0 Å². The molecule has 1 atom stereocenters. The number of hydrogen-bond donors (Lipinski definition) is 1. The molecule has 0 aliphatic heterocycles.